The van der Waals surface area contributed by atoms with Crippen LogP contribution < -0.4 is 5.32 Å². The molecule has 0 spiro atoms. The summed E-state index contributed by atoms with van der Waals surface area (Å²) in [6.07, 6.45) is -2.88. The minimum absolute atomic E-state index is 0.140. The molecule has 0 bridgehead atoms. The van der Waals surface area contributed by atoms with Crippen molar-refractivity contribution in [1.82, 2.24) is 10.2 Å². The number of amides is 2. The maximum absolute atomic E-state index is 13.9. The van der Waals surface area contributed by atoms with Crippen molar-refractivity contribution in [3.8, 4) is 0 Å². The number of carbonyl (C=O) groups excluding carboxylic acids is 2. The van der Waals surface area contributed by atoms with Crippen LogP contribution >= 0.6 is 0 Å². The van der Waals surface area contributed by atoms with E-state index in [9.17, 15) is 27.2 Å². The number of rotatable bonds is 3. The molecule has 1 unspecified atom stereocenters. The van der Waals surface area contributed by atoms with Crippen LogP contribution in [0.5, 0.6) is 0 Å². The number of piperazine rings is 1. The highest BCUT2D eigenvalue weighted by Gasteiger charge is 2.33. The third-order valence-electron chi connectivity index (χ3n) is 3.53. The van der Waals surface area contributed by atoms with Crippen LogP contribution in [-0.4, -0.2) is 35.8 Å². The van der Waals surface area contributed by atoms with Crippen LogP contribution in [0.4, 0.5) is 17.6 Å². The summed E-state index contributed by atoms with van der Waals surface area (Å²) < 4.78 is 52.5. The Hall–Kier alpha value is -2.12. The van der Waals surface area contributed by atoms with E-state index in [4.69, 9.17) is 0 Å². The standard InChI is InChI=1S/C14H14F4N2O2/c1-2-11-13(21)19-3-4-20(11)14(22)8-6-9(15)7(12(17)18)5-10(8)16/h5-6,11-12H,2-4H2,1H3,(H,19,21). The van der Waals surface area contributed by atoms with Crippen LogP contribution in [0.1, 0.15) is 35.7 Å². The second-order valence-corrected chi connectivity index (χ2v) is 4.87. The van der Waals surface area contributed by atoms with Gasteiger partial charge < -0.3 is 10.2 Å². The molecule has 0 radical (unpaired) electrons. The number of hydrogen-bond donors (Lipinski definition) is 1. The zero-order chi connectivity index (χ0) is 16.4. The third-order valence-corrected chi connectivity index (χ3v) is 3.53. The summed E-state index contributed by atoms with van der Waals surface area (Å²) in [6.45, 7) is 2.01. The molecule has 1 atom stereocenters. The molecular formula is C14H14F4N2O2. The fraction of sp³-hybridized carbons (Fsp3) is 0.429. The molecule has 1 aromatic rings. The van der Waals surface area contributed by atoms with E-state index < -0.39 is 41.1 Å². The molecule has 2 rings (SSSR count). The molecule has 0 aromatic heterocycles. The minimum Gasteiger partial charge on any atom is -0.353 e. The second kappa shape index (κ2) is 6.33. The van der Waals surface area contributed by atoms with Crippen LogP contribution in [0.15, 0.2) is 12.1 Å². The largest absolute Gasteiger partial charge is 0.353 e. The predicted octanol–water partition coefficient (Wildman–Crippen LogP) is 2.25. The van der Waals surface area contributed by atoms with Gasteiger partial charge in [-0.1, -0.05) is 6.92 Å². The van der Waals surface area contributed by atoms with E-state index in [1.54, 1.807) is 6.92 Å². The van der Waals surface area contributed by atoms with Gasteiger partial charge in [0, 0.05) is 13.1 Å². The Morgan fingerprint density at radius 2 is 2.05 bits per heavy atom. The highest BCUT2D eigenvalue weighted by atomic mass is 19.3. The van der Waals surface area contributed by atoms with Gasteiger partial charge in [0.05, 0.1) is 11.1 Å². The van der Waals surface area contributed by atoms with Crippen molar-refractivity contribution in [3.05, 3.63) is 34.9 Å². The number of nitrogens with one attached hydrogen (secondary N) is 1. The van der Waals surface area contributed by atoms with Crippen molar-refractivity contribution in [2.75, 3.05) is 13.1 Å². The van der Waals surface area contributed by atoms with Crippen LogP contribution in [0.3, 0.4) is 0 Å². The summed E-state index contributed by atoms with van der Waals surface area (Å²) in [4.78, 5) is 25.1. The fourth-order valence-electron chi connectivity index (χ4n) is 2.41. The first-order chi connectivity index (χ1) is 10.4. The Bertz CT molecular complexity index is 607. The maximum Gasteiger partial charge on any atom is 0.266 e. The first kappa shape index (κ1) is 16.3. The van der Waals surface area contributed by atoms with Gasteiger partial charge in [-0.2, -0.15) is 0 Å². The molecular weight excluding hydrogens is 304 g/mol. The van der Waals surface area contributed by atoms with Gasteiger partial charge in [-0.05, 0) is 18.6 Å². The summed E-state index contributed by atoms with van der Waals surface area (Å²) in [5.74, 6) is -3.86. The van der Waals surface area contributed by atoms with Crippen LogP contribution in [0, 0.1) is 11.6 Å². The first-order valence-electron chi connectivity index (χ1n) is 6.72. The molecule has 8 heteroatoms. The van der Waals surface area contributed by atoms with E-state index in [1.807, 2.05) is 0 Å². The minimum atomic E-state index is -3.18. The van der Waals surface area contributed by atoms with Gasteiger partial charge in [-0.15, -0.1) is 0 Å². The third kappa shape index (κ3) is 2.90. The topological polar surface area (TPSA) is 49.4 Å². The van der Waals surface area contributed by atoms with E-state index >= 15 is 0 Å². The fourth-order valence-corrected chi connectivity index (χ4v) is 2.41. The lowest BCUT2D eigenvalue weighted by Gasteiger charge is -2.34. The lowest BCUT2D eigenvalue weighted by molar-refractivity contribution is -0.127. The first-order valence-corrected chi connectivity index (χ1v) is 6.72. The highest BCUT2D eigenvalue weighted by Crippen LogP contribution is 2.26. The average molecular weight is 318 g/mol. The molecule has 1 aliphatic heterocycles. The molecule has 120 valence electrons. The van der Waals surface area contributed by atoms with Crippen LogP contribution in [-0.2, 0) is 4.79 Å². The monoisotopic (exact) mass is 318 g/mol. The normalized spacial score (nSPS) is 18.5. The lowest BCUT2D eigenvalue weighted by atomic mass is 10.1. The van der Waals surface area contributed by atoms with Gasteiger partial charge in [-0.3, -0.25) is 9.59 Å². The molecule has 1 aliphatic rings. The Balaban J connectivity index is 2.37. The van der Waals surface area contributed by atoms with Crippen molar-refractivity contribution < 1.29 is 27.2 Å². The molecule has 4 nitrogen and oxygen atoms in total. The van der Waals surface area contributed by atoms with E-state index in [0.717, 1.165) is 4.90 Å². The Kier molecular flexibility index (Phi) is 4.68. The van der Waals surface area contributed by atoms with Gasteiger partial charge in [0.1, 0.15) is 17.7 Å². The average Bonchev–Trinajstić information content (AvgIpc) is 2.47. The van der Waals surface area contributed by atoms with Gasteiger partial charge >= 0.3 is 0 Å². The van der Waals surface area contributed by atoms with Gasteiger partial charge in [0.25, 0.3) is 12.3 Å². The maximum atomic E-state index is 13.9. The smallest absolute Gasteiger partial charge is 0.266 e. The summed E-state index contributed by atoms with van der Waals surface area (Å²) in [7, 11) is 0. The lowest BCUT2D eigenvalue weighted by Crippen LogP contribution is -2.57. The summed E-state index contributed by atoms with van der Waals surface area (Å²) in [5.41, 5.74) is -1.76. The van der Waals surface area contributed by atoms with E-state index in [1.165, 1.54) is 0 Å². The van der Waals surface area contributed by atoms with Gasteiger partial charge in [-0.25, -0.2) is 17.6 Å². The zero-order valence-electron chi connectivity index (χ0n) is 11.7. The number of benzene rings is 1. The van der Waals surface area contributed by atoms with E-state index in [2.05, 4.69) is 5.32 Å². The predicted molar refractivity (Wildman–Crippen MR) is 69.4 cm³/mol. The molecule has 2 amide bonds. The molecule has 0 aliphatic carbocycles. The Morgan fingerprint density at radius 3 is 2.64 bits per heavy atom. The summed E-state index contributed by atoms with van der Waals surface area (Å²) in [5, 5.41) is 2.57. The molecule has 1 heterocycles. The Morgan fingerprint density at radius 1 is 1.36 bits per heavy atom. The molecule has 0 saturated carbocycles. The zero-order valence-corrected chi connectivity index (χ0v) is 11.7. The van der Waals surface area contributed by atoms with Gasteiger partial charge in [0.15, 0.2) is 0 Å². The second-order valence-electron chi connectivity index (χ2n) is 4.87. The number of hydrogen-bond acceptors (Lipinski definition) is 2. The molecule has 1 fully saturated rings. The quantitative estimate of drug-likeness (QED) is 0.869. The molecule has 1 N–H and O–H groups in total. The van der Waals surface area contributed by atoms with Crippen molar-refractivity contribution in [2.45, 2.75) is 25.8 Å². The number of nitrogens with zero attached hydrogens (tertiary/aromatic N) is 1. The highest BCUT2D eigenvalue weighted by molar-refractivity contribution is 5.98. The van der Waals surface area contributed by atoms with Crippen LogP contribution in [0.25, 0.3) is 0 Å². The summed E-state index contributed by atoms with van der Waals surface area (Å²) in [6, 6.07) is -0.0187. The number of halogens is 4. The van der Waals surface area contributed by atoms with Crippen molar-refractivity contribution >= 4 is 11.8 Å². The van der Waals surface area contributed by atoms with Crippen molar-refractivity contribution in [1.29, 1.82) is 0 Å². The van der Waals surface area contributed by atoms with Crippen molar-refractivity contribution in [2.24, 2.45) is 0 Å². The SMILES string of the molecule is CCC1C(=O)NCCN1C(=O)c1cc(F)c(C(F)F)cc1F. The van der Waals surface area contributed by atoms with E-state index in [0.29, 0.717) is 18.6 Å². The molecule has 22 heavy (non-hydrogen) atoms. The van der Waals surface area contributed by atoms with Crippen molar-refractivity contribution in [3.63, 3.8) is 0 Å². The Labute approximate surface area is 124 Å². The van der Waals surface area contributed by atoms with Crippen LogP contribution in [0.2, 0.25) is 0 Å². The number of carbonyl (C=O) groups is 2. The van der Waals surface area contributed by atoms with Gasteiger partial charge in [0.2, 0.25) is 5.91 Å². The van der Waals surface area contributed by atoms with E-state index in [-0.39, 0.29) is 19.0 Å². The summed E-state index contributed by atoms with van der Waals surface area (Å²) >= 11 is 0. The molecule has 1 aromatic carbocycles. The number of alkyl halides is 2. The molecule has 1 saturated heterocycles.